The molecule has 0 saturated heterocycles. The Hall–Kier alpha value is -3.16. The van der Waals surface area contributed by atoms with Crippen molar-refractivity contribution < 1.29 is 28.5 Å². The standard InChI is InChI=1S/C24H32N2O6/c1-6-26(17(4)12-19-9-10-21-22(13-19)30-15-29-21)24(28)32-18(5)31-23(27)20-8-7-11-25(14-20)16(2)3/h7,9-11,13-14,16-18H,6,8,12,15H2,1-5H3. The molecule has 1 amide bonds. The summed E-state index contributed by atoms with van der Waals surface area (Å²) < 4.78 is 21.5. The summed E-state index contributed by atoms with van der Waals surface area (Å²) in [5, 5.41) is 0. The number of hydrogen-bond donors (Lipinski definition) is 0. The van der Waals surface area contributed by atoms with Crippen LogP contribution in [0.2, 0.25) is 0 Å². The first-order valence-corrected chi connectivity index (χ1v) is 11.0. The van der Waals surface area contributed by atoms with Crippen LogP contribution in [0, 0.1) is 0 Å². The monoisotopic (exact) mass is 444 g/mol. The average molecular weight is 445 g/mol. The molecule has 8 nitrogen and oxygen atoms in total. The van der Waals surface area contributed by atoms with Crippen LogP contribution in [0.3, 0.4) is 0 Å². The van der Waals surface area contributed by atoms with E-state index in [0.29, 0.717) is 30.7 Å². The number of allylic oxidation sites excluding steroid dienone is 1. The van der Waals surface area contributed by atoms with E-state index in [1.165, 1.54) is 0 Å². The van der Waals surface area contributed by atoms with Gasteiger partial charge in [-0.2, -0.15) is 0 Å². The van der Waals surface area contributed by atoms with Crippen molar-refractivity contribution in [3.05, 3.63) is 47.8 Å². The molecule has 32 heavy (non-hydrogen) atoms. The van der Waals surface area contributed by atoms with Gasteiger partial charge in [-0.3, -0.25) is 0 Å². The molecule has 0 radical (unpaired) electrons. The van der Waals surface area contributed by atoms with Gasteiger partial charge in [0.2, 0.25) is 13.1 Å². The highest BCUT2D eigenvalue weighted by Gasteiger charge is 2.25. The van der Waals surface area contributed by atoms with E-state index in [2.05, 4.69) is 0 Å². The summed E-state index contributed by atoms with van der Waals surface area (Å²) in [6.07, 6.45) is 5.19. The fourth-order valence-electron chi connectivity index (χ4n) is 3.63. The van der Waals surface area contributed by atoms with Crippen molar-refractivity contribution >= 4 is 12.1 Å². The van der Waals surface area contributed by atoms with E-state index in [1.54, 1.807) is 18.0 Å². The Bertz CT molecular complexity index is 894. The quantitative estimate of drug-likeness (QED) is 0.439. The number of carbonyl (C=O) groups excluding carboxylic acids is 2. The fraction of sp³-hybridized carbons (Fsp3) is 0.500. The summed E-state index contributed by atoms with van der Waals surface area (Å²) in [7, 11) is 0. The number of rotatable bonds is 8. The summed E-state index contributed by atoms with van der Waals surface area (Å²) in [6.45, 7) is 10.1. The van der Waals surface area contributed by atoms with Gasteiger partial charge in [0, 0.05) is 44.4 Å². The Morgan fingerprint density at radius 2 is 1.88 bits per heavy atom. The van der Waals surface area contributed by atoms with Crippen molar-refractivity contribution in [1.29, 1.82) is 0 Å². The minimum absolute atomic E-state index is 0.124. The fourth-order valence-corrected chi connectivity index (χ4v) is 3.63. The first kappa shape index (κ1) is 23.5. The highest BCUT2D eigenvalue weighted by atomic mass is 16.7. The maximum atomic E-state index is 12.7. The Labute approximate surface area is 189 Å². The molecule has 0 N–H and O–H groups in total. The van der Waals surface area contributed by atoms with Crippen LogP contribution in [0.25, 0.3) is 0 Å². The normalized spacial score (nSPS) is 16.4. The van der Waals surface area contributed by atoms with Gasteiger partial charge in [-0.15, -0.1) is 0 Å². The van der Waals surface area contributed by atoms with E-state index >= 15 is 0 Å². The van der Waals surface area contributed by atoms with Gasteiger partial charge in [-0.05, 0) is 51.8 Å². The van der Waals surface area contributed by atoms with E-state index in [-0.39, 0.29) is 18.9 Å². The van der Waals surface area contributed by atoms with Crippen molar-refractivity contribution in [2.45, 2.75) is 65.8 Å². The minimum atomic E-state index is -0.999. The molecule has 0 bridgehead atoms. The summed E-state index contributed by atoms with van der Waals surface area (Å²) in [5.41, 5.74) is 1.55. The van der Waals surface area contributed by atoms with Gasteiger partial charge in [0.05, 0.1) is 5.57 Å². The SMILES string of the molecule is CCN(C(=O)OC(C)OC(=O)C1=CN(C(C)C)C=CC1)C(C)Cc1ccc2c(c1)OCO2. The lowest BCUT2D eigenvalue weighted by Gasteiger charge is -2.29. The second-order valence-corrected chi connectivity index (χ2v) is 8.17. The molecule has 0 aliphatic carbocycles. The van der Waals surface area contributed by atoms with E-state index < -0.39 is 18.4 Å². The van der Waals surface area contributed by atoms with Crippen LogP contribution >= 0.6 is 0 Å². The van der Waals surface area contributed by atoms with Gasteiger partial charge < -0.3 is 28.7 Å². The molecule has 0 saturated carbocycles. The van der Waals surface area contributed by atoms with Gasteiger partial charge >= 0.3 is 12.1 Å². The van der Waals surface area contributed by atoms with Crippen LogP contribution in [0.1, 0.15) is 46.6 Å². The number of amides is 1. The van der Waals surface area contributed by atoms with Gasteiger partial charge in [0.25, 0.3) is 0 Å². The van der Waals surface area contributed by atoms with Crippen LogP contribution in [-0.4, -0.2) is 53.6 Å². The van der Waals surface area contributed by atoms with E-state index in [0.717, 1.165) is 11.3 Å². The number of esters is 1. The predicted octanol–water partition coefficient (Wildman–Crippen LogP) is 4.21. The minimum Gasteiger partial charge on any atom is -0.454 e. The Kier molecular flexibility index (Phi) is 7.66. The molecule has 1 aromatic carbocycles. The number of hydrogen-bond acceptors (Lipinski definition) is 7. The molecule has 2 atom stereocenters. The third-order valence-electron chi connectivity index (χ3n) is 5.39. The van der Waals surface area contributed by atoms with Gasteiger partial charge in [-0.1, -0.05) is 12.1 Å². The lowest BCUT2D eigenvalue weighted by atomic mass is 10.1. The van der Waals surface area contributed by atoms with Crippen molar-refractivity contribution in [1.82, 2.24) is 9.80 Å². The second-order valence-electron chi connectivity index (χ2n) is 8.17. The second kappa shape index (κ2) is 10.4. The van der Waals surface area contributed by atoms with E-state index in [1.807, 2.05) is 63.1 Å². The molecule has 2 unspecified atom stereocenters. The van der Waals surface area contributed by atoms with Crippen LogP contribution in [0.4, 0.5) is 4.79 Å². The number of fused-ring (bicyclic) bond motifs is 1. The highest BCUT2D eigenvalue weighted by Crippen LogP contribution is 2.33. The van der Waals surface area contributed by atoms with Crippen LogP contribution in [-0.2, 0) is 20.7 Å². The molecular weight excluding hydrogens is 412 g/mol. The summed E-state index contributed by atoms with van der Waals surface area (Å²) in [6, 6.07) is 5.86. The molecule has 1 aromatic rings. The maximum absolute atomic E-state index is 12.7. The molecule has 2 heterocycles. The summed E-state index contributed by atoms with van der Waals surface area (Å²) in [4.78, 5) is 28.8. The van der Waals surface area contributed by atoms with Crippen LogP contribution in [0.15, 0.2) is 42.2 Å². The molecule has 2 aliphatic rings. The largest absolute Gasteiger partial charge is 0.454 e. The third-order valence-corrected chi connectivity index (χ3v) is 5.39. The molecule has 174 valence electrons. The number of nitrogens with zero attached hydrogens (tertiary/aromatic N) is 2. The maximum Gasteiger partial charge on any atom is 0.413 e. The lowest BCUT2D eigenvalue weighted by molar-refractivity contribution is -0.161. The number of carbonyl (C=O) groups is 2. The predicted molar refractivity (Wildman–Crippen MR) is 119 cm³/mol. The molecule has 3 rings (SSSR count). The third kappa shape index (κ3) is 5.75. The zero-order valence-corrected chi connectivity index (χ0v) is 19.4. The van der Waals surface area contributed by atoms with Crippen molar-refractivity contribution in [3.63, 3.8) is 0 Å². The first-order valence-electron chi connectivity index (χ1n) is 11.0. The molecule has 0 aromatic heterocycles. The van der Waals surface area contributed by atoms with Crippen LogP contribution in [0.5, 0.6) is 11.5 Å². The molecule has 0 spiro atoms. The smallest absolute Gasteiger partial charge is 0.413 e. The van der Waals surface area contributed by atoms with Gasteiger partial charge in [0.15, 0.2) is 11.5 Å². The molecule has 2 aliphatic heterocycles. The first-order chi connectivity index (χ1) is 15.3. The Morgan fingerprint density at radius 1 is 1.12 bits per heavy atom. The van der Waals surface area contributed by atoms with Crippen molar-refractivity contribution in [2.24, 2.45) is 0 Å². The number of benzene rings is 1. The molecular formula is C24H32N2O6. The lowest BCUT2D eigenvalue weighted by Crippen LogP contribution is -2.41. The number of likely N-dealkylation sites (N-methyl/N-ethyl adjacent to an activating group) is 1. The van der Waals surface area contributed by atoms with Gasteiger partial charge in [-0.25, -0.2) is 9.59 Å². The van der Waals surface area contributed by atoms with Crippen molar-refractivity contribution in [3.8, 4) is 11.5 Å². The zero-order valence-electron chi connectivity index (χ0n) is 19.4. The zero-order chi connectivity index (χ0) is 23.3. The van der Waals surface area contributed by atoms with Crippen molar-refractivity contribution in [2.75, 3.05) is 13.3 Å². The van der Waals surface area contributed by atoms with Crippen LogP contribution < -0.4 is 9.47 Å². The highest BCUT2D eigenvalue weighted by molar-refractivity contribution is 5.89. The summed E-state index contributed by atoms with van der Waals surface area (Å²) in [5.74, 6) is 0.949. The van der Waals surface area contributed by atoms with Gasteiger partial charge in [0.1, 0.15) is 0 Å². The average Bonchev–Trinajstić information content (AvgIpc) is 3.22. The topological polar surface area (TPSA) is 77.5 Å². The van der Waals surface area contributed by atoms with E-state index in [9.17, 15) is 9.59 Å². The molecule has 0 fully saturated rings. The summed E-state index contributed by atoms with van der Waals surface area (Å²) >= 11 is 0. The Morgan fingerprint density at radius 3 is 2.59 bits per heavy atom. The molecule has 8 heteroatoms. The number of ether oxygens (including phenoxy) is 4. The Balaban J connectivity index is 1.54. The van der Waals surface area contributed by atoms with E-state index in [4.69, 9.17) is 18.9 Å².